The summed E-state index contributed by atoms with van der Waals surface area (Å²) in [6.07, 6.45) is 5.47. The molecule has 3 rings (SSSR count). The van der Waals surface area contributed by atoms with Gasteiger partial charge in [0.25, 0.3) is 0 Å². The Morgan fingerprint density at radius 2 is 2.00 bits per heavy atom. The molecular formula is C17H33IN4O2. The molecular weight excluding hydrogens is 419 g/mol. The van der Waals surface area contributed by atoms with Crippen LogP contribution in [-0.2, 0) is 9.47 Å². The van der Waals surface area contributed by atoms with Crippen LogP contribution in [0.2, 0.25) is 0 Å². The molecule has 1 aliphatic carbocycles. The van der Waals surface area contributed by atoms with Crippen LogP contribution < -0.4 is 5.32 Å². The first-order valence-electron chi connectivity index (χ1n) is 9.24. The smallest absolute Gasteiger partial charge is 0.193 e. The molecule has 140 valence electrons. The van der Waals surface area contributed by atoms with E-state index in [1.807, 2.05) is 7.05 Å². The minimum absolute atomic E-state index is 0. The van der Waals surface area contributed by atoms with Crippen molar-refractivity contribution in [3.05, 3.63) is 0 Å². The van der Waals surface area contributed by atoms with Gasteiger partial charge in [-0.25, -0.2) is 0 Å². The highest BCUT2D eigenvalue weighted by Crippen LogP contribution is 2.25. The molecule has 0 radical (unpaired) electrons. The van der Waals surface area contributed by atoms with Gasteiger partial charge in [0.15, 0.2) is 5.96 Å². The summed E-state index contributed by atoms with van der Waals surface area (Å²) in [4.78, 5) is 9.36. The van der Waals surface area contributed by atoms with E-state index >= 15 is 0 Å². The summed E-state index contributed by atoms with van der Waals surface area (Å²) >= 11 is 0. The number of rotatable bonds is 6. The third kappa shape index (κ3) is 5.44. The summed E-state index contributed by atoms with van der Waals surface area (Å²) in [5.41, 5.74) is 0. The lowest BCUT2D eigenvalue weighted by molar-refractivity contribution is -0.0817. The van der Waals surface area contributed by atoms with Crippen molar-refractivity contribution in [3.63, 3.8) is 0 Å². The molecule has 1 saturated carbocycles. The Balaban J connectivity index is 0.00000208. The predicted octanol–water partition coefficient (Wildman–Crippen LogP) is 1.54. The maximum absolute atomic E-state index is 5.93. The second-order valence-corrected chi connectivity index (χ2v) is 6.74. The molecule has 2 atom stereocenters. The minimum atomic E-state index is 0. The van der Waals surface area contributed by atoms with Gasteiger partial charge in [-0.3, -0.25) is 9.89 Å². The third-order valence-electron chi connectivity index (χ3n) is 5.14. The van der Waals surface area contributed by atoms with Crippen LogP contribution in [0.25, 0.3) is 0 Å². The maximum Gasteiger partial charge on any atom is 0.193 e. The first-order chi connectivity index (χ1) is 11.3. The zero-order chi connectivity index (χ0) is 16.1. The summed E-state index contributed by atoms with van der Waals surface area (Å²) in [7, 11) is 1.87. The van der Waals surface area contributed by atoms with Crippen molar-refractivity contribution in [2.45, 2.75) is 50.9 Å². The molecule has 0 spiro atoms. The average molecular weight is 452 g/mol. The van der Waals surface area contributed by atoms with Crippen LogP contribution in [0.3, 0.4) is 0 Å². The van der Waals surface area contributed by atoms with E-state index in [2.05, 4.69) is 27.0 Å². The number of aliphatic imine (C=N–C) groups is 1. The molecule has 6 nitrogen and oxygen atoms in total. The average Bonchev–Trinajstić information content (AvgIpc) is 3.28. The number of nitrogens with zero attached hydrogens (tertiary/aromatic N) is 3. The Hall–Kier alpha value is -0.120. The van der Waals surface area contributed by atoms with Gasteiger partial charge in [-0.2, -0.15) is 0 Å². The van der Waals surface area contributed by atoms with E-state index in [0.717, 1.165) is 70.8 Å². The Morgan fingerprint density at radius 1 is 1.21 bits per heavy atom. The monoisotopic (exact) mass is 452 g/mol. The number of likely N-dealkylation sites (N-methyl/N-ethyl adjacent to an activating group) is 1. The normalized spacial score (nSPS) is 28.1. The number of hydrogen-bond acceptors (Lipinski definition) is 4. The Bertz CT molecular complexity index is 400. The highest BCUT2D eigenvalue weighted by Gasteiger charge is 2.32. The van der Waals surface area contributed by atoms with Gasteiger partial charge < -0.3 is 19.7 Å². The summed E-state index contributed by atoms with van der Waals surface area (Å²) in [5, 5.41) is 3.54. The molecule has 24 heavy (non-hydrogen) atoms. The van der Waals surface area contributed by atoms with Crippen LogP contribution in [-0.4, -0.2) is 87.0 Å². The molecule has 0 amide bonds. The molecule has 3 aliphatic rings. The second-order valence-electron chi connectivity index (χ2n) is 6.74. The van der Waals surface area contributed by atoms with Crippen molar-refractivity contribution in [1.82, 2.24) is 15.1 Å². The number of halogens is 1. The number of ether oxygens (including phenoxy) is 2. The molecule has 0 aromatic heterocycles. The fraction of sp³-hybridized carbons (Fsp3) is 0.941. The topological polar surface area (TPSA) is 49.3 Å². The zero-order valence-electron chi connectivity index (χ0n) is 15.1. The van der Waals surface area contributed by atoms with Gasteiger partial charge >= 0.3 is 0 Å². The van der Waals surface area contributed by atoms with Crippen molar-refractivity contribution in [2.75, 3.05) is 53.0 Å². The lowest BCUT2D eigenvalue weighted by Crippen LogP contribution is -2.54. The lowest BCUT2D eigenvalue weighted by Gasteiger charge is -2.37. The van der Waals surface area contributed by atoms with Crippen LogP contribution in [0.4, 0.5) is 0 Å². The largest absolute Gasteiger partial charge is 0.375 e. The Labute approximate surface area is 163 Å². The summed E-state index contributed by atoms with van der Waals surface area (Å²) in [6, 6.07) is 0.830. The minimum Gasteiger partial charge on any atom is -0.375 e. The van der Waals surface area contributed by atoms with Crippen LogP contribution in [0.15, 0.2) is 4.99 Å². The first-order valence-corrected chi connectivity index (χ1v) is 9.24. The zero-order valence-corrected chi connectivity index (χ0v) is 17.4. The number of morpholine rings is 1. The number of hydrogen-bond donors (Lipinski definition) is 1. The second kappa shape index (κ2) is 10.1. The summed E-state index contributed by atoms with van der Waals surface area (Å²) < 4.78 is 11.7. The van der Waals surface area contributed by atoms with Gasteiger partial charge in [-0.1, -0.05) is 6.92 Å². The van der Waals surface area contributed by atoms with Crippen molar-refractivity contribution in [3.8, 4) is 0 Å². The predicted molar refractivity (Wildman–Crippen MR) is 107 cm³/mol. The Morgan fingerprint density at radius 3 is 2.62 bits per heavy atom. The van der Waals surface area contributed by atoms with E-state index in [1.165, 1.54) is 12.8 Å². The maximum atomic E-state index is 5.93. The standard InChI is InChI=1S/C17H32N4O2.HI/c1-3-20(14-6-7-14)9-8-19-17(18-2)21-10-12-23-16(13-21)15-5-4-11-22-15;/h14-16H,3-13H2,1-2H3,(H,18,19);1H. The highest BCUT2D eigenvalue weighted by molar-refractivity contribution is 14.0. The van der Waals surface area contributed by atoms with Gasteiger partial charge in [-0.15, -0.1) is 24.0 Å². The van der Waals surface area contributed by atoms with E-state index in [0.29, 0.717) is 0 Å². The molecule has 7 heteroatoms. The fourth-order valence-electron chi connectivity index (χ4n) is 3.67. The molecule has 2 saturated heterocycles. The number of nitrogens with one attached hydrogen (secondary N) is 1. The van der Waals surface area contributed by atoms with Crippen molar-refractivity contribution in [2.24, 2.45) is 4.99 Å². The van der Waals surface area contributed by atoms with Crippen molar-refractivity contribution < 1.29 is 9.47 Å². The van der Waals surface area contributed by atoms with E-state index in [-0.39, 0.29) is 36.2 Å². The Kier molecular flexibility index (Phi) is 8.53. The molecule has 1 N–H and O–H groups in total. The highest BCUT2D eigenvalue weighted by atomic mass is 127. The first kappa shape index (κ1) is 20.2. The van der Waals surface area contributed by atoms with Crippen LogP contribution in [0, 0.1) is 0 Å². The van der Waals surface area contributed by atoms with E-state index < -0.39 is 0 Å². The molecule has 3 fully saturated rings. The van der Waals surface area contributed by atoms with Gasteiger partial charge in [-0.05, 0) is 32.2 Å². The van der Waals surface area contributed by atoms with Gasteiger partial charge in [0.2, 0.25) is 0 Å². The van der Waals surface area contributed by atoms with Crippen molar-refractivity contribution in [1.29, 1.82) is 0 Å². The number of guanidine groups is 1. The molecule has 2 aliphatic heterocycles. The van der Waals surface area contributed by atoms with Gasteiger partial charge in [0.05, 0.1) is 12.7 Å². The molecule has 2 unspecified atom stereocenters. The van der Waals surface area contributed by atoms with Crippen molar-refractivity contribution >= 4 is 29.9 Å². The molecule has 0 aromatic carbocycles. The molecule has 0 aromatic rings. The lowest BCUT2D eigenvalue weighted by atomic mass is 10.1. The van der Waals surface area contributed by atoms with Gasteiger partial charge in [0, 0.05) is 45.9 Å². The summed E-state index contributed by atoms with van der Waals surface area (Å²) in [6.45, 7) is 8.87. The summed E-state index contributed by atoms with van der Waals surface area (Å²) in [5.74, 6) is 1.00. The fourth-order valence-corrected chi connectivity index (χ4v) is 3.67. The molecule has 2 heterocycles. The van der Waals surface area contributed by atoms with E-state index in [1.54, 1.807) is 0 Å². The van der Waals surface area contributed by atoms with E-state index in [9.17, 15) is 0 Å². The van der Waals surface area contributed by atoms with Gasteiger partial charge in [0.1, 0.15) is 6.10 Å². The van der Waals surface area contributed by atoms with Crippen LogP contribution in [0.1, 0.15) is 32.6 Å². The van der Waals surface area contributed by atoms with Crippen LogP contribution >= 0.6 is 24.0 Å². The third-order valence-corrected chi connectivity index (χ3v) is 5.14. The van der Waals surface area contributed by atoms with E-state index in [4.69, 9.17) is 9.47 Å². The SMILES string of the molecule is CCN(CCNC(=NC)N1CCOC(C2CCCO2)C1)C1CC1.I. The van der Waals surface area contributed by atoms with Crippen LogP contribution in [0.5, 0.6) is 0 Å². The molecule has 0 bridgehead atoms. The quantitative estimate of drug-likeness (QED) is 0.377.